The SMILES string of the molecule is Cc1cccnc1C(N)c1cccc(OC(F)(F)F)c1. The van der Waals surface area contributed by atoms with E-state index in [4.69, 9.17) is 5.73 Å². The topological polar surface area (TPSA) is 48.1 Å². The van der Waals surface area contributed by atoms with Crippen molar-refractivity contribution in [1.29, 1.82) is 0 Å². The molecule has 0 saturated carbocycles. The third-order valence-electron chi connectivity index (χ3n) is 2.80. The number of nitrogens with two attached hydrogens (primary N) is 1. The van der Waals surface area contributed by atoms with E-state index >= 15 is 0 Å². The van der Waals surface area contributed by atoms with Gasteiger partial charge in [0.15, 0.2) is 0 Å². The second-order valence-electron chi connectivity index (χ2n) is 4.30. The first kappa shape index (κ1) is 14.3. The van der Waals surface area contributed by atoms with E-state index in [1.165, 1.54) is 18.2 Å². The van der Waals surface area contributed by atoms with Crippen LogP contribution in [0, 0.1) is 6.92 Å². The van der Waals surface area contributed by atoms with Crippen molar-refractivity contribution in [2.75, 3.05) is 0 Å². The van der Waals surface area contributed by atoms with Crippen LogP contribution in [-0.2, 0) is 0 Å². The molecule has 20 heavy (non-hydrogen) atoms. The van der Waals surface area contributed by atoms with E-state index in [1.807, 2.05) is 13.0 Å². The van der Waals surface area contributed by atoms with Crippen LogP contribution in [0.3, 0.4) is 0 Å². The van der Waals surface area contributed by atoms with Crippen molar-refractivity contribution in [2.24, 2.45) is 5.73 Å². The van der Waals surface area contributed by atoms with Gasteiger partial charge >= 0.3 is 6.36 Å². The van der Waals surface area contributed by atoms with Crippen LogP contribution in [0.15, 0.2) is 42.6 Å². The number of ether oxygens (including phenoxy) is 1. The third kappa shape index (κ3) is 3.48. The fourth-order valence-corrected chi connectivity index (χ4v) is 1.89. The van der Waals surface area contributed by atoms with Gasteiger partial charge in [-0.2, -0.15) is 0 Å². The molecule has 0 aliphatic rings. The van der Waals surface area contributed by atoms with Crippen molar-refractivity contribution in [3.8, 4) is 5.75 Å². The van der Waals surface area contributed by atoms with Gasteiger partial charge in [0.1, 0.15) is 5.75 Å². The van der Waals surface area contributed by atoms with E-state index < -0.39 is 12.4 Å². The third-order valence-corrected chi connectivity index (χ3v) is 2.80. The summed E-state index contributed by atoms with van der Waals surface area (Å²) in [5, 5.41) is 0. The van der Waals surface area contributed by atoms with Gasteiger partial charge in [0.2, 0.25) is 0 Å². The average Bonchev–Trinajstić information content (AvgIpc) is 2.37. The smallest absolute Gasteiger partial charge is 0.406 e. The molecule has 2 aromatic rings. The van der Waals surface area contributed by atoms with E-state index in [2.05, 4.69) is 9.72 Å². The Morgan fingerprint density at radius 2 is 1.95 bits per heavy atom. The maximum atomic E-state index is 12.2. The minimum absolute atomic E-state index is 0.293. The summed E-state index contributed by atoms with van der Waals surface area (Å²) in [6, 6.07) is 8.62. The first-order valence-corrected chi connectivity index (χ1v) is 5.89. The van der Waals surface area contributed by atoms with Gasteiger partial charge < -0.3 is 10.5 Å². The Balaban J connectivity index is 2.29. The number of pyridine rings is 1. The Hall–Kier alpha value is -2.08. The van der Waals surface area contributed by atoms with Gasteiger partial charge in [0.05, 0.1) is 11.7 Å². The summed E-state index contributed by atoms with van der Waals surface area (Å²) in [5.74, 6) is -0.293. The lowest BCUT2D eigenvalue weighted by molar-refractivity contribution is -0.274. The molecule has 106 valence electrons. The molecular weight excluding hydrogens is 269 g/mol. The number of aromatic nitrogens is 1. The van der Waals surface area contributed by atoms with Crippen LogP contribution < -0.4 is 10.5 Å². The van der Waals surface area contributed by atoms with Crippen LogP contribution in [0.1, 0.15) is 22.9 Å². The number of hydrogen-bond donors (Lipinski definition) is 1. The highest BCUT2D eigenvalue weighted by molar-refractivity contribution is 5.36. The minimum Gasteiger partial charge on any atom is -0.406 e. The van der Waals surface area contributed by atoms with E-state index in [0.29, 0.717) is 11.3 Å². The number of rotatable bonds is 3. The number of hydrogen-bond acceptors (Lipinski definition) is 3. The van der Waals surface area contributed by atoms with Crippen molar-refractivity contribution in [2.45, 2.75) is 19.3 Å². The highest BCUT2D eigenvalue weighted by Gasteiger charge is 2.31. The van der Waals surface area contributed by atoms with Crippen LogP contribution in [0.25, 0.3) is 0 Å². The molecule has 6 heteroatoms. The zero-order valence-corrected chi connectivity index (χ0v) is 10.7. The molecule has 2 N–H and O–H groups in total. The summed E-state index contributed by atoms with van der Waals surface area (Å²) in [6.07, 6.45) is -3.12. The molecule has 0 saturated heterocycles. The monoisotopic (exact) mass is 282 g/mol. The van der Waals surface area contributed by atoms with Crippen LogP contribution in [0.4, 0.5) is 13.2 Å². The van der Waals surface area contributed by atoms with Crippen LogP contribution in [0.5, 0.6) is 5.75 Å². The number of halogens is 3. The van der Waals surface area contributed by atoms with E-state index in [9.17, 15) is 13.2 Å². The predicted molar refractivity (Wildman–Crippen MR) is 68.1 cm³/mol. The molecule has 0 spiro atoms. The predicted octanol–water partition coefficient (Wildman–Crippen LogP) is 3.34. The summed E-state index contributed by atoms with van der Waals surface area (Å²) < 4.78 is 40.5. The Morgan fingerprint density at radius 3 is 2.60 bits per heavy atom. The fourth-order valence-electron chi connectivity index (χ4n) is 1.89. The number of alkyl halides is 3. The summed E-state index contributed by atoms with van der Waals surface area (Å²) in [5.41, 5.74) is 8.06. The van der Waals surface area contributed by atoms with Crippen LogP contribution in [-0.4, -0.2) is 11.3 Å². The van der Waals surface area contributed by atoms with Gasteiger partial charge in [-0.3, -0.25) is 4.98 Å². The lowest BCUT2D eigenvalue weighted by Crippen LogP contribution is -2.18. The van der Waals surface area contributed by atoms with Gasteiger partial charge in [-0.25, -0.2) is 0 Å². The molecular formula is C14H13F3N2O. The van der Waals surface area contributed by atoms with Gasteiger partial charge in [0, 0.05) is 6.20 Å². The van der Waals surface area contributed by atoms with Crippen molar-refractivity contribution >= 4 is 0 Å². The zero-order chi connectivity index (χ0) is 14.8. The molecule has 0 bridgehead atoms. The average molecular weight is 282 g/mol. The highest BCUT2D eigenvalue weighted by atomic mass is 19.4. The Bertz CT molecular complexity index is 599. The molecule has 1 aromatic heterocycles. The number of benzene rings is 1. The summed E-state index contributed by atoms with van der Waals surface area (Å²) in [6.45, 7) is 1.85. The van der Waals surface area contributed by atoms with E-state index in [1.54, 1.807) is 18.3 Å². The lowest BCUT2D eigenvalue weighted by Gasteiger charge is -2.15. The Morgan fingerprint density at radius 1 is 1.20 bits per heavy atom. The molecule has 0 amide bonds. The summed E-state index contributed by atoms with van der Waals surface area (Å²) in [4.78, 5) is 4.17. The zero-order valence-electron chi connectivity index (χ0n) is 10.7. The largest absolute Gasteiger partial charge is 0.573 e. The molecule has 3 nitrogen and oxygen atoms in total. The molecule has 1 aromatic carbocycles. The summed E-state index contributed by atoms with van der Waals surface area (Å²) in [7, 11) is 0. The number of nitrogens with zero attached hydrogens (tertiary/aromatic N) is 1. The van der Waals surface area contributed by atoms with Crippen molar-refractivity contribution in [3.63, 3.8) is 0 Å². The molecule has 1 heterocycles. The Labute approximate surface area is 114 Å². The van der Waals surface area contributed by atoms with Gasteiger partial charge in [-0.1, -0.05) is 18.2 Å². The lowest BCUT2D eigenvalue weighted by atomic mass is 10.0. The van der Waals surface area contributed by atoms with E-state index in [-0.39, 0.29) is 5.75 Å². The maximum Gasteiger partial charge on any atom is 0.573 e. The highest BCUT2D eigenvalue weighted by Crippen LogP contribution is 2.27. The van der Waals surface area contributed by atoms with Crippen molar-refractivity contribution in [1.82, 2.24) is 4.98 Å². The first-order valence-electron chi connectivity index (χ1n) is 5.89. The molecule has 1 atom stereocenters. The van der Waals surface area contributed by atoms with Crippen molar-refractivity contribution < 1.29 is 17.9 Å². The van der Waals surface area contributed by atoms with E-state index in [0.717, 1.165) is 5.56 Å². The molecule has 0 radical (unpaired) electrons. The summed E-state index contributed by atoms with van der Waals surface area (Å²) >= 11 is 0. The van der Waals surface area contributed by atoms with Crippen molar-refractivity contribution in [3.05, 3.63) is 59.4 Å². The maximum absolute atomic E-state index is 12.2. The van der Waals surface area contributed by atoms with Gasteiger partial charge in [-0.15, -0.1) is 13.2 Å². The molecule has 0 aliphatic heterocycles. The normalized spacial score (nSPS) is 13.1. The Kier molecular flexibility index (Phi) is 3.94. The molecule has 2 rings (SSSR count). The molecule has 1 unspecified atom stereocenters. The van der Waals surface area contributed by atoms with Gasteiger partial charge in [-0.05, 0) is 36.2 Å². The second kappa shape index (κ2) is 5.50. The minimum atomic E-state index is -4.72. The van der Waals surface area contributed by atoms with Crippen LogP contribution >= 0.6 is 0 Å². The fraction of sp³-hybridized carbons (Fsp3) is 0.214. The number of aryl methyl sites for hydroxylation is 1. The molecule has 0 fully saturated rings. The molecule has 0 aliphatic carbocycles. The standard InChI is InChI=1S/C14H13F3N2O/c1-9-4-3-7-19-13(9)12(18)10-5-2-6-11(8-10)20-14(15,16)17/h2-8,12H,18H2,1H3. The first-order chi connectivity index (χ1) is 9.37. The van der Waals surface area contributed by atoms with Crippen LogP contribution in [0.2, 0.25) is 0 Å². The van der Waals surface area contributed by atoms with Gasteiger partial charge in [0.25, 0.3) is 0 Å². The second-order valence-corrected chi connectivity index (χ2v) is 4.30. The quantitative estimate of drug-likeness (QED) is 0.939.